The van der Waals surface area contributed by atoms with Crippen LogP contribution in [0, 0.1) is 0 Å². The summed E-state index contributed by atoms with van der Waals surface area (Å²) in [6.07, 6.45) is 6.89. The van der Waals surface area contributed by atoms with Gasteiger partial charge in [-0.2, -0.15) is 0 Å². The Labute approximate surface area is 111 Å². The fourth-order valence-electron chi connectivity index (χ4n) is 1.53. The van der Waals surface area contributed by atoms with Crippen LogP contribution in [0.25, 0.3) is 0 Å². The second kappa shape index (κ2) is 7.91. The van der Waals surface area contributed by atoms with Gasteiger partial charge in [0.15, 0.2) is 0 Å². The van der Waals surface area contributed by atoms with Crippen molar-refractivity contribution in [3.8, 4) is 0 Å². The van der Waals surface area contributed by atoms with Crippen LogP contribution in [0.4, 0.5) is 0 Å². The van der Waals surface area contributed by atoms with E-state index in [-0.39, 0.29) is 35.7 Å². The van der Waals surface area contributed by atoms with Gasteiger partial charge < -0.3 is 9.84 Å². The molecule has 1 aliphatic carbocycles. The maximum absolute atomic E-state index is 11.0. The van der Waals surface area contributed by atoms with Crippen LogP contribution in [0.3, 0.4) is 0 Å². The Hall–Kier alpha value is -0.320. The monoisotopic (exact) mass is 222 g/mol. The first kappa shape index (κ1) is 14.7. The Kier molecular flexibility index (Phi) is 7.74. The molecule has 0 atom stereocenters. The first-order valence-corrected chi connectivity index (χ1v) is 4.80. The number of carbonyl (C=O) groups excluding carboxylic acids is 1. The molecule has 0 spiro atoms. The molecule has 1 rings (SSSR count). The van der Waals surface area contributed by atoms with Crippen molar-refractivity contribution in [1.82, 2.24) is 0 Å². The van der Waals surface area contributed by atoms with Crippen LogP contribution in [-0.4, -0.2) is 52.7 Å². The van der Waals surface area contributed by atoms with E-state index in [0.29, 0.717) is 0 Å². The molecule has 0 radical (unpaired) electrons. The minimum atomic E-state index is -1.13. The quantitative estimate of drug-likeness (QED) is 0.437. The molecule has 1 saturated carbocycles. The first-order chi connectivity index (χ1) is 6.68. The summed E-state index contributed by atoms with van der Waals surface area (Å²) < 4.78 is 5.05. The van der Waals surface area contributed by atoms with Crippen molar-refractivity contribution in [2.24, 2.45) is 0 Å². The Morgan fingerprint density at radius 3 is 2.27 bits per heavy atom. The van der Waals surface area contributed by atoms with Crippen LogP contribution >= 0.6 is 0 Å². The Bertz CT molecular complexity index is 244. The van der Waals surface area contributed by atoms with E-state index >= 15 is 0 Å². The second-order valence-corrected chi connectivity index (χ2v) is 3.37. The summed E-state index contributed by atoms with van der Waals surface area (Å²) in [4.78, 5) is 21.1. The summed E-state index contributed by atoms with van der Waals surface area (Å²) in [7, 11) is 0. The molecule has 1 aliphatic rings. The van der Waals surface area contributed by atoms with Crippen LogP contribution in [0.2, 0.25) is 0 Å². The number of ether oxygens (including phenoxy) is 1. The number of carboxylic acids is 1. The molecular formula is C10H15NaO4. The molecule has 0 aromatic rings. The number of aliphatic carboxylic acids is 1. The van der Waals surface area contributed by atoms with Crippen LogP contribution < -0.4 is 0 Å². The van der Waals surface area contributed by atoms with Crippen molar-refractivity contribution >= 4 is 41.5 Å². The van der Waals surface area contributed by atoms with E-state index in [1.165, 1.54) is 6.42 Å². The summed E-state index contributed by atoms with van der Waals surface area (Å²) in [5, 5.41) is 8.27. The molecule has 0 aliphatic heterocycles. The maximum atomic E-state index is 11.0. The van der Waals surface area contributed by atoms with Gasteiger partial charge in [-0.3, -0.25) is 0 Å². The molecule has 0 heterocycles. The van der Waals surface area contributed by atoms with Gasteiger partial charge in [0, 0.05) is 12.2 Å². The van der Waals surface area contributed by atoms with E-state index in [0.717, 1.165) is 37.8 Å². The van der Waals surface area contributed by atoms with E-state index < -0.39 is 11.9 Å². The molecule has 0 saturated heterocycles. The van der Waals surface area contributed by atoms with Gasteiger partial charge in [-0.1, -0.05) is 6.42 Å². The van der Waals surface area contributed by atoms with Crippen LogP contribution in [0.5, 0.6) is 0 Å². The molecule has 5 heteroatoms. The number of hydrogen-bond acceptors (Lipinski definition) is 3. The predicted molar refractivity (Wildman–Crippen MR) is 56.9 cm³/mol. The SMILES string of the molecule is O=C(O)/C=C\C(=O)OC1CCCCC1.[NaH]. The summed E-state index contributed by atoms with van der Waals surface area (Å²) in [6.45, 7) is 0. The summed E-state index contributed by atoms with van der Waals surface area (Å²) in [5.74, 6) is -1.69. The van der Waals surface area contributed by atoms with Gasteiger partial charge in [-0.05, 0) is 25.7 Å². The Balaban J connectivity index is 0.00000196. The zero-order chi connectivity index (χ0) is 10.4. The third kappa shape index (κ3) is 6.71. The molecule has 15 heavy (non-hydrogen) atoms. The van der Waals surface area contributed by atoms with Gasteiger partial charge in [-0.25, -0.2) is 9.59 Å². The van der Waals surface area contributed by atoms with Crippen molar-refractivity contribution in [2.45, 2.75) is 38.2 Å². The van der Waals surface area contributed by atoms with Gasteiger partial charge in [0.25, 0.3) is 0 Å². The summed E-state index contributed by atoms with van der Waals surface area (Å²) in [5.41, 5.74) is 0. The van der Waals surface area contributed by atoms with Crippen molar-refractivity contribution in [1.29, 1.82) is 0 Å². The third-order valence-electron chi connectivity index (χ3n) is 2.20. The van der Waals surface area contributed by atoms with E-state index in [4.69, 9.17) is 9.84 Å². The second-order valence-electron chi connectivity index (χ2n) is 3.37. The molecular weight excluding hydrogens is 207 g/mol. The zero-order valence-corrected chi connectivity index (χ0v) is 7.94. The van der Waals surface area contributed by atoms with Crippen LogP contribution in [0.15, 0.2) is 12.2 Å². The average Bonchev–Trinajstić information content (AvgIpc) is 2.16. The predicted octanol–water partition coefficient (Wildman–Crippen LogP) is 0.855. The molecule has 1 fully saturated rings. The summed E-state index contributed by atoms with van der Waals surface area (Å²) >= 11 is 0. The Morgan fingerprint density at radius 2 is 1.73 bits per heavy atom. The first-order valence-electron chi connectivity index (χ1n) is 4.80. The molecule has 0 aromatic heterocycles. The van der Waals surface area contributed by atoms with Crippen molar-refractivity contribution in [3.63, 3.8) is 0 Å². The number of hydrogen-bond donors (Lipinski definition) is 1. The van der Waals surface area contributed by atoms with Gasteiger partial charge in [-0.15, -0.1) is 0 Å². The Morgan fingerprint density at radius 1 is 1.13 bits per heavy atom. The minimum absolute atomic E-state index is 0. The third-order valence-corrected chi connectivity index (χ3v) is 2.20. The molecule has 80 valence electrons. The summed E-state index contributed by atoms with van der Waals surface area (Å²) in [6, 6.07) is 0. The fraction of sp³-hybridized carbons (Fsp3) is 0.600. The zero-order valence-electron chi connectivity index (χ0n) is 7.94. The standard InChI is InChI=1S/C10H14O4.Na.H/c11-9(12)6-7-10(13)14-8-4-2-1-3-5-8;;/h6-8H,1-5H2,(H,11,12);;/b7-6-;;. The number of rotatable bonds is 3. The topological polar surface area (TPSA) is 63.6 Å². The number of esters is 1. The van der Waals surface area contributed by atoms with Crippen LogP contribution in [-0.2, 0) is 14.3 Å². The van der Waals surface area contributed by atoms with E-state index in [1.807, 2.05) is 0 Å². The fourth-order valence-corrected chi connectivity index (χ4v) is 1.53. The van der Waals surface area contributed by atoms with E-state index in [2.05, 4.69) is 0 Å². The average molecular weight is 222 g/mol. The van der Waals surface area contributed by atoms with Crippen molar-refractivity contribution in [3.05, 3.63) is 12.2 Å². The normalized spacial score (nSPS) is 17.1. The molecule has 0 aromatic carbocycles. The van der Waals surface area contributed by atoms with Crippen LogP contribution in [0.1, 0.15) is 32.1 Å². The van der Waals surface area contributed by atoms with E-state index in [1.54, 1.807) is 0 Å². The molecule has 1 N–H and O–H groups in total. The number of carboxylic acid groups (broad SMARTS) is 1. The molecule has 0 amide bonds. The molecule has 4 nitrogen and oxygen atoms in total. The van der Waals surface area contributed by atoms with Gasteiger partial charge in [0.2, 0.25) is 0 Å². The molecule has 0 bridgehead atoms. The molecule has 0 unspecified atom stereocenters. The number of carbonyl (C=O) groups is 2. The van der Waals surface area contributed by atoms with E-state index in [9.17, 15) is 9.59 Å². The van der Waals surface area contributed by atoms with Gasteiger partial charge in [0.1, 0.15) is 6.10 Å². The van der Waals surface area contributed by atoms with Gasteiger partial charge >= 0.3 is 41.5 Å². The van der Waals surface area contributed by atoms with Gasteiger partial charge in [0.05, 0.1) is 0 Å². The van der Waals surface area contributed by atoms with Crippen molar-refractivity contribution < 1.29 is 19.4 Å². The van der Waals surface area contributed by atoms with Crippen molar-refractivity contribution in [2.75, 3.05) is 0 Å².